The Morgan fingerprint density at radius 3 is 2.38 bits per heavy atom. The molecule has 0 amide bonds. The summed E-state index contributed by atoms with van der Waals surface area (Å²) >= 11 is 0. The third kappa shape index (κ3) is 6.80. The Morgan fingerprint density at radius 1 is 1.29 bits per heavy atom. The van der Waals surface area contributed by atoms with Gasteiger partial charge in [-0.15, -0.1) is 6.58 Å². The molecule has 0 aromatic carbocycles. The van der Waals surface area contributed by atoms with Gasteiger partial charge in [0.25, 0.3) is 0 Å². The van der Waals surface area contributed by atoms with Crippen molar-refractivity contribution < 1.29 is 5.21 Å². The molecule has 4 heteroatoms. The van der Waals surface area contributed by atoms with Crippen LogP contribution in [0.5, 0.6) is 0 Å². The minimum atomic E-state index is 0.0209. The highest BCUT2D eigenvalue weighted by atomic mass is 16.5. The molecule has 0 rings (SSSR count). The van der Waals surface area contributed by atoms with Gasteiger partial charge in [0.05, 0.1) is 12.1 Å². The van der Waals surface area contributed by atoms with Crippen LogP contribution >= 0.6 is 0 Å². The van der Waals surface area contributed by atoms with Gasteiger partial charge in [-0.1, -0.05) is 32.9 Å². The molecule has 0 fully saturated rings. The zero-order valence-electron chi connectivity index (χ0n) is 14.3. The smallest absolute Gasteiger partial charge is 0.102 e. The lowest BCUT2D eigenvalue weighted by atomic mass is 9.92. The van der Waals surface area contributed by atoms with Gasteiger partial charge >= 0.3 is 0 Å². The highest BCUT2D eigenvalue weighted by Crippen LogP contribution is 2.19. The topological polar surface area (TPSA) is 47.9 Å². The third-order valence-electron chi connectivity index (χ3n) is 3.55. The Hall–Kier alpha value is -1.29. The first-order chi connectivity index (χ1) is 10.0. The number of allylic oxidation sites excluding steroid dienone is 1. The molecule has 0 heterocycles. The first kappa shape index (κ1) is 19.7. The van der Waals surface area contributed by atoms with Crippen LogP contribution in [0, 0.1) is 5.92 Å². The zero-order chi connectivity index (χ0) is 16.3. The highest BCUT2D eigenvalue weighted by Gasteiger charge is 2.27. The van der Waals surface area contributed by atoms with E-state index < -0.39 is 0 Å². The van der Waals surface area contributed by atoms with E-state index in [1.54, 1.807) is 6.20 Å². The number of hydrogen-bond donors (Lipinski definition) is 2. The van der Waals surface area contributed by atoms with Gasteiger partial charge in [-0.2, -0.15) is 0 Å². The van der Waals surface area contributed by atoms with Crippen LogP contribution in [0.2, 0.25) is 0 Å². The van der Waals surface area contributed by atoms with Gasteiger partial charge < -0.3 is 5.32 Å². The van der Waals surface area contributed by atoms with Gasteiger partial charge in [-0.25, -0.2) is 0 Å². The van der Waals surface area contributed by atoms with Crippen LogP contribution in [0.3, 0.4) is 0 Å². The van der Waals surface area contributed by atoms with Crippen LogP contribution < -0.4 is 5.32 Å². The number of hydrogen-bond acceptors (Lipinski definition) is 3. The number of rotatable bonds is 10. The molecule has 0 aliphatic rings. The molecular formula is C17H33N3O. The van der Waals surface area contributed by atoms with Crippen molar-refractivity contribution in [2.45, 2.75) is 66.0 Å². The molecule has 0 radical (unpaired) electrons. The minimum Gasteiger partial charge on any atom is -0.374 e. The van der Waals surface area contributed by atoms with Crippen LogP contribution in [0.4, 0.5) is 0 Å². The van der Waals surface area contributed by atoms with Gasteiger partial charge in [0.2, 0.25) is 0 Å². The molecule has 3 unspecified atom stereocenters. The lowest BCUT2D eigenvalue weighted by molar-refractivity contribution is -0.0906. The van der Waals surface area contributed by atoms with Gasteiger partial charge in [-0.05, 0) is 33.1 Å². The summed E-state index contributed by atoms with van der Waals surface area (Å²) in [4.78, 5) is 4.71. The average Bonchev–Trinajstić information content (AvgIpc) is 2.49. The van der Waals surface area contributed by atoms with Crippen molar-refractivity contribution in [2.24, 2.45) is 10.9 Å². The summed E-state index contributed by atoms with van der Waals surface area (Å²) in [5, 5.41) is 15.0. The van der Waals surface area contributed by atoms with E-state index in [9.17, 15) is 5.21 Å². The van der Waals surface area contributed by atoms with E-state index >= 15 is 0 Å². The first-order valence-corrected chi connectivity index (χ1v) is 8.13. The lowest BCUT2D eigenvalue weighted by Gasteiger charge is -2.32. The van der Waals surface area contributed by atoms with Crippen LogP contribution in [0.25, 0.3) is 0 Å². The van der Waals surface area contributed by atoms with E-state index in [-0.39, 0.29) is 18.0 Å². The van der Waals surface area contributed by atoms with Crippen molar-refractivity contribution >= 4 is 5.84 Å². The third-order valence-corrected chi connectivity index (χ3v) is 3.55. The normalized spacial score (nSPS) is 16.6. The van der Waals surface area contributed by atoms with Crippen molar-refractivity contribution in [3.05, 3.63) is 24.9 Å². The Kier molecular flexibility index (Phi) is 10.7. The zero-order valence-corrected chi connectivity index (χ0v) is 14.3. The van der Waals surface area contributed by atoms with E-state index in [2.05, 4.69) is 39.6 Å². The second-order valence-corrected chi connectivity index (χ2v) is 5.18. The van der Waals surface area contributed by atoms with Gasteiger partial charge in [-0.3, -0.25) is 15.3 Å². The molecule has 3 atom stereocenters. The molecule has 122 valence electrons. The van der Waals surface area contributed by atoms with Crippen LogP contribution in [-0.4, -0.2) is 34.7 Å². The molecule has 0 aromatic rings. The highest BCUT2D eigenvalue weighted by molar-refractivity contribution is 5.85. The number of amidine groups is 1. The number of aliphatic imine (C=N–C) groups is 1. The minimum absolute atomic E-state index is 0.0209. The predicted octanol–water partition coefficient (Wildman–Crippen LogP) is 3.99. The van der Waals surface area contributed by atoms with Gasteiger partial charge in [0, 0.05) is 18.7 Å². The van der Waals surface area contributed by atoms with Crippen molar-refractivity contribution in [3.63, 3.8) is 0 Å². The van der Waals surface area contributed by atoms with E-state index in [0.717, 1.165) is 31.6 Å². The average molecular weight is 295 g/mol. The monoisotopic (exact) mass is 295 g/mol. The molecule has 21 heavy (non-hydrogen) atoms. The number of nitrogens with one attached hydrogen (secondary N) is 1. The summed E-state index contributed by atoms with van der Waals surface area (Å²) in [6, 6.07) is 0.0940. The second kappa shape index (κ2) is 11.4. The van der Waals surface area contributed by atoms with E-state index in [4.69, 9.17) is 4.99 Å². The fraction of sp³-hybridized carbons (Fsp3) is 0.706. The molecule has 0 spiro atoms. The maximum absolute atomic E-state index is 10.3. The van der Waals surface area contributed by atoms with Crippen molar-refractivity contribution in [1.82, 2.24) is 10.4 Å². The largest absolute Gasteiger partial charge is 0.374 e. The first-order valence-electron chi connectivity index (χ1n) is 8.13. The summed E-state index contributed by atoms with van der Waals surface area (Å²) in [7, 11) is 0. The van der Waals surface area contributed by atoms with Gasteiger partial charge in [0.15, 0.2) is 0 Å². The summed E-state index contributed by atoms with van der Waals surface area (Å²) < 4.78 is 0. The van der Waals surface area contributed by atoms with Crippen molar-refractivity contribution in [1.29, 1.82) is 0 Å². The van der Waals surface area contributed by atoms with Gasteiger partial charge in [0.1, 0.15) is 5.84 Å². The lowest BCUT2D eigenvalue weighted by Crippen LogP contribution is -2.44. The molecular weight excluding hydrogens is 262 g/mol. The summed E-state index contributed by atoms with van der Waals surface area (Å²) in [6.07, 6.45) is 8.24. The van der Waals surface area contributed by atoms with Crippen molar-refractivity contribution in [3.8, 4) is 0 Å². The maximum atomic E-state index is 10.3. The Labute approximate surface area is 130 Å². The SMILES string of the molecule is C=CC(C)/N=C(\NCC)C(CC)C(CC)N(O)/C=C\CC. The number of hydroxylamine groups is 2. The molecule has 0 aliphatic carbocycles. The molecule has 0 aliphatic heterocycles. The molecule has 0 bridgehead atoms. The maximum Gasteiger partial charge on any atom is 0.102 e. The Morgan fingerprint density at radius 2 is 1.95 bits per heavy atom. The molecule has 0 saturated carbocycles. The fourth-order valence-corrected chi connectivity index (χ4v) is 2.35. The van der Waals surface area contributed by atoms with Crippen LogP contribution in [0.1, 0.15) is 53.9 Å². The quantitative estimate of drug-likeness (QED) is 0.277. The second-order valence-electron chi connectivity index (χ2n) is 5.18. The van der Waals surface area contributed by atoms with Crippen LogP contribution in [0.15, 0.2) is 29.9 Å². The molecule has 2 N–H and O–H groups in total. The Bertz CT molecular complexity index is 339. The van der Waals surface area contributed by atoms with E-state index in [1.165, 1.54) is 5.06 Å². The molecule has 0 aromatic heterocycles. The number of nitrogens with zero attached hydrogens (tertiary/aromatic N) is 2. The van der Waals surface area contributed by atoms with Crippen LogP contribution in [-0.2, 0) is 0 Å². The predicted molar refractivity (Wildman–Crippen MR) is 91.7 cm³/mol. The Balaban J connectivity index is 5.31. The van der Waals surface area contributed by atoms with E-state index in [0.29, 0.717) is 0 Å². The van der Waals surface area contributed by atoms with Crippen molar-refractivity contribution in [2.75, 3.05) is 6.54 Å². The summed E-state index contributed by atoms with van der Waals surface area (Å²) in [5.74, 6) is 1.13. The fourth-order valence-electron chi connectivity index (χ4n) is 2.35. The van der Waals surface area contributed by atoms with E-state index in [1.807, 2.05) is 19.1 Å². The summed E-state index contributed by atoms with van der Waals surface area (Å²) in [5.41, 5.74) is 0. The standard InChI is InChI=1S/C17H33N3O/c1-7-12-13-20(21)16(10-4)15(9-3)17(18-11-5)19-14(6)8-2/h8,12-16,21H,2,7,9-11H2,1,3-6H3,(H,18,19)/b13-12-. The molecule has 0 saturated heterocycles. The molecule has 4 nitrogen and oxygen atoms in total. The summed E-state index contributed by atoms with van der Waals surface area (Å²) in [6.45, 7) is 15.0.